The molecule has 2 fully saturated rings. The standard InChI is InChI=1S/C19H27ClN2O4S/c20-17-8-7-16(27(24,25)22-10-12-26-13-11-22)14-18(17)21-19(23)9-6-15-4-2-1-3-5-15/h7-8,14-15H,1-6,9-13H2,(H,21,23). The number of benzene rings is 1. The second kappa shape index (κ2) is 9.37. The third-order valence-electron chi connectivity index (χ3n) is 5.32. The summed E-state index contributed by atoms with van der Waals surface area (Å²) in [4.78, 5) is 12.5. The largest absolute Gasteiger partial charge is 0.379 e. The van der Waals surface area contributed by atoms with Crippen molar-refractivity contribution in [1.82, 2.24) is 4.31 Å². The molecule has 1 aromatic carbocycles. The number of carbonyl (C=O) groups is 1. The molecule has 8 heteroatoms. The van der Waals surface area contributed by atoms with Crippen LogP contribution in [0.5, 0.6) is 0 Å². The quantitative estimate of drug-likeness (QED) is 0.770. The molecule has 1 heterocycles. The summed E-state index contributed by atoms with van der Waals surface area (Å²) in [6.45, 7) is 1.43. The van der Waals surface area contributed by atoms with Crippen LogP contribution in [0.15, 0.2) is 23.1 Å². The Hall–Kier alpha value is -1.15. The average molecular weight is 415 g/mol. The van der Waals surface area contributed by atoms with E-state index in [-0.39, 0.29) is 10.8 Å². The molecule has 1 N–H and O–H groups in total. The van der Waals surface area contributed by atoms with Gasteiger partial charge in [-0.15, -0.1) is 0 Å². The third kappa shape index (κ3) is 5.44. The van der Waals surface area contributed by atoms with Crippen molar-refractivity contribution in [2.24, 2.45) is 5.92 Å². The van der Waals surface area contributed by atoms with Gasteiger partial charge in [0.1, 0.15) is 0 Å². The van der Waals surface area contributed by atoms with Gasteiger partial charge in [0.05, 0.1) is 28.8 Å². The van der Waals surface area contributed by atoms with Gasteiger partial charge < -0.3 is 10.1 Å². The van der Waals surface area contributed by atoms with Gasteiger partial charge in [-0.05, 0) is 30.5 Å². The number of carbonyl (C=O) groups excluding carboxylic acids is 1. The Labute approximate surface area is 166 Å². The fourth-order valence-corrected chi connectivity index (χ4v) is 5.32. The fourth-order valence-electron chi connectivity index (χ4n) is 3.72. The molecule has 150 valence electrons. The van der Waals surface area contributed by atoms with E-state index < -0.39 is 10.0 Å². The lowest BCUT2D eigenvalue weighted by Gasteiger charge is -2.26. The molecule has 1 saturated heterocycles. The number of rotatable bonds is 6. The molecule has 0 aromatic heterocycles. The summed E-state index contributed by atoms with van der Waals surface area (Å²) < 4.78 is 32.2. The summed E-state index contributed by atoms with van der Waals surface area (Å²) in [5.41, 5.74) is 0.347. The van der Waals surface area contributed by atoms with Crippen molar-refractivity contribution >= 4 is 33.2 Å². The van der Waals surface area contributed by atoms with Gasteiger partial charge in [-0.2, -0.15) is 4.31 Å². The maximum absolute atomic E-state index is 12.8. The normalized spacial score (nSPS) is 19.7. The summed E-state index contributed by atoms with van der Waals surface area (Å²) in [7, 11) is -3.62. The highest BCUT2D eigenvalue weighted by Gasteiger charge is 2.27. The number of hydrogen-bond donors (Lipinski definition) is 1. The van der Waals surface area contributed by atoms with Crippen LogP contribution in [0.3, 0.4) is 0 Å². The highest BCUT2D eigenvalue weighted by Crippen LogP contribution is 2.29. The molecule has 1 saturated carbocycles. The van der Waals surface area contributed by atoms with E-state index in [0.717, 1.165) is 6.42 Å². The number of morpholine rings is 1. The summed E-state index contributed by atoms with van der Waals surface area (Å²) in [6.07, 6.45) is 7.49. The molecule has 1 aromatic rings. The van der Waals surface area contributed by atoms with Gasteiger partial charge in [-0.25, -0.2) is 8.42 Å². The second-order valence-electron chi connectivity index (χ2n) is 7.25. The number of anilines is 1. The minimum atomic E-state index is -3.62. The maximum Gasteiger partial charge on any atom is 0.243 e. The summed E-state index contributed by atoms with van der Waals surface area (Å²) in [6, 6.07) is 4.45. The van der Waals surface area contributed by atoms with E-state index in [1.54, 1.807) is 0 Å². The van der Waals surface area contributed by atoms with Crippen molar-refractivity contribution in [3.05, 3.63) is 23.2 Å². The van der Waals surface area contributed by atoms with Gasteiger partial charge in [0.25, 0.3) is 0 Å². The molecule has 0 unspecified atom stereocenters. The number of ether oxygens (including phenoxy) is 1. The summed E-state index contributed by atoms with van der Waals surface area (Å²) in [5, 5.41) is 3.12. The van der Waals surface area contributed by atoms with Gasteiger partial charge >= 0.3 is 0 Å². The molecular weight excluding hydrogens is 388 g/mol. The van der Waals surface area contributed by atoms with Gasteiger partial charge in [-0.3, -0.25) is 4.79 Å². The van der Waals surface area contributed by atoms with E-state index >= 15 is 0 Å². The van der Waals surface area contributed by atoms with Crippen molar-refractivity contribution in [3.63, 3.8) is 0 Å². The van der Waals surface area contributed by atoms with E-state index in [1.165, 1.54) is 54.6 Å². The lowest BCUT2D eigenvalue weighted by atomic mass is 9.86. The molecule has 0 spiro atoms. The Balaban J connectivity index is 1.64. The molecule has 0 bridgehead atoms. The highest BCUT2D eigenvalue weighted by atomic mass is 35.5. The number of nitrogens with one attached hydrogen (secondary N) is 1. The highest BCUT2D eigenvalue weighted by molar-refractivity contribution is 7.89. The lowest BCUT2D eigenvalue weighted by molar-refractivity contribution is -0.116. The van der Waals surface area contributed by atoms with Crippen LogP contribution in [0.2, 0.25) is 5.02 Å². The minimum absolute atomic E-state index is 0.122. The lowest BCUT2D eigenvalue weighted by Crippen LogP contribution is -2.40. The molecule has 3 rings (SSSR count). The number of sulfonamides is 1. The van der Waals surface area contributed by atoms with E-state index in [9.17, 15) is 13.2 Å². The monoisotopic (exact) mass is 414 g/mol. The Bertz CT molecular complexity index is 757. The van der Waals surface area contributed by atoms with Crippen molar-refractivity contribution in [3.8, 4) is 0 Å². The molecule has 1 aliphatic carbocycles. The molecule has 27 heavy (non-hydrogen) atoms. The van der Waals surface area contributed by atoms with Crippen LogP contribution in [-0.4, -0.2) is 44.9 Å². The maximum atomic E-state index is 12.8. The van der Waals surface area contributed by atoms with Crippen molar-refractivity contribution in [1.29, 1.82) is 0 Å². The number of hydrogen-bond acceptors (Lipinski definition) is 4. The topological polar surface area (TPSA) is 75.7 Å². The first-order valence-corrected chi connectivity index (χ1v) is 11.5. The zero-order valence-electron chi connectivity index (χ0n) is 15.5. The van der Waals surface area contributed by atoms with E-state index in [2.05, 4.69) is 5.32 Å². The number of amides is 1. The number of nitrogens with zero attached hydrogens (tertiary/aromatic N) is 1. The fraction of sp³-hybridized carbons (Fsp3) is 0.632. The zero-order valence-corrected chi connectivity index (χ0v) is 17.0. The minimum Gasteiger partial charge on any atom is -0.379 e. The van der Waals surface area contributed by atoms with Crippen LogP contribution in [-0.2, 0) is 19.6 Å². The molecule has 0 atom stereocenters. The van der Waals surface area contributed by atoms with Gasteiger partial charge in [0.2, 0.25) is 15.9 Å². The van der Waals surface area contributed by atoms with Crippen LogP contribution >= 0.6 is 11.6 Å². The van der Waals surface area contributed by atoms with Gasteiger partial charge in [0.15, 0.2) is 0 Å². The SMILES string of the molecule is O=C(CCC1CCCCC1)Nc1cc(S(=O)(=O)N2CCOCC2)ccc1Cl. The third-order valence-corrected chi connectivity index (χ3v) is 7.55. The van der Waals surface area contributed by atoms with Crippen LogP contribution in [0, 0.1) is 5.92 Å². The zero-order chi connectivity index (χ0) is 19.3. The van der Waals surface area contributed by atoms with Crippen molar-refractivity contribution in [2.75, 3.05) is 31.6 Å². The summed E-state index contributed by atoms with van der Waals surface area (Å²) in [5.74, 6) is 0.497. The second-order valence-corrected chi connectivity index (χ2v) is 9.59. The van der Waals surface area contributed by atoms with Gasteiger partial charge in [0, 0.05) is 19.5 Å². The first-order valence-electron chi connectivity index (χ1n) is 9.64. The Morgan fingerprint density at radius 3 is 2.59 bits per heavy atom. The first-order chi connectivity index (χ1) is 13.0. The molecule has 6 nitrogen and oxygen atoms in total. The van der Waals surface area contributed by atoms with Crippen LogP contribution in [0.25, 0.3) is 0 Å². The predicted octanol–water partition coefficient (Wildman–Crippen LogP) is 3.66. The van der Waals surface area contributed by atoms with Crippen LogP contribution in [0.1, 0.15) is 44.9 Å². The summed E-state index contributed by atoms with van der Waals surface area (Å²) >= 11 is 6.18. The van der Waals surface area contributed by atoms with E-state index in [0.29, 0.717) is 49.4 Å². The van der Waals surface area contributed by atoms with Gasteiger partial charge in [-0.1, -0.05) is 43.7 Å². The van der Waals surface area contributed by atoms with E-state index in [4.69, 9.17) is 16.3 Å². The molecule has 0 radical (unpaired) electrons. The predicted molar refractivity (Wildman–Crippen MR) is 105 cm³/mol. The van der Waals surface area contributed by atoms with Crippen molar-refractivity contribution in [2.45, 2.75) is 49.8 Å². The molecule has 1 aliphatic heterocycles. The van der Waals surface area contributed by atoms with E-state index in [1.807, 2.05) is 0 Å². The van der Waals surface area contributed by atoms with Crippen molar-refractivity contribution < 1.29 is 17.9 Å². The van der Waals surface area contributed by atoms with Crippen LogP contribution < -0.4 is 5.32 Å². The molecule has 2 aliphatic rings. The smallest absolute Gasteiger partial charge is 0.243 e. The molecule has 1 amide bonds. The Kier molecular flexibility index (Phi) is 7.14. The van der Waals surface area contributed by atoms with Crippen LogP contribution in [0.4, 0.5) is 5.69 Å². The first kappa shape index (κ1) is 20.6. The number of halogens is 1. The molecular formula is C19H27ClN2O4S. The Morgan fingerprint density at radius 2 is 1.89 bits per heavy atom. The average Bonchev–Trinajstić information content (AvgIpc) is 2.69. The Morgan fingerprint density at radius 1 is 1.19 bits per heavy atom.